The van der Waals surface area contributed by atoms with Crippen molar-refractivity contribution in [3.63, 3.8) is 0 Å². The number of methoxy groups -OCH3 is 1. The first kappa shape index (κ1) is 36.9. The third kappa shape index (κ3) is 11.7. The number of hydrogen-bond acceptors (Lipinski definition) is 7. The van der Waals surface area contributed by atoms with Gasteiger partial charge in [-0.05, 0) is 68.4 Å². The van der Waals surface area contributed by atoms with Gasteiger partial charge in [0.05, 0.1) is 23.3 Å². The second-order valence-electron chi connectivity index (χ2n) is 10.5. The third-order valence-corrected chi connectivity index (χ3v) is 9.12. The number of aryl methyl sites for hydroxylation is 2. The van der Waals surface area contributed by atoms with Gasteiger partial charge in [0.2, 0.25) is 0 Å². The molecule has 0 radical (unpaired) electrons. The molecule has 3 aromatic carbocycles. The standard InChI is InChI=1S/C31H38Cl4NO7P/c1-21(17-32)31(26-15-28(34)29(35)16-27(26)33)43-44(37,38)42-20-41-25(18-36(2)3)19-40-30-11-6-5-9-23(30)13-12-22-8-7-10-24(14-22)39-4/h5-11,14-16,21,25,31H,12-13,17-20H2,1-4H3,(H,37,38)/t21?,25-,31?/m1/s1. The van der Waals surface area contributed by atoms with Gasteiger partial charge >= 0.3 is 7.82 Å². The van der Waals surface area contributed by atoms with Gasteiger partial charge in [-0.3, -0.25) is 9.05 Å². The Bertz CT molecular complexity index is 1400. The zero-order valence-electron chi connectivity index (χ0n) is 25.1. The first-order chi connectivity index (χ1) is 20.9. The second-order valence-corrected chi connectivity index (χ2v) is 13.4. The van der Waals surface area contributed by atoms with E-state index in [1.165, 1.54) is 12.1 Å². The molecule has 0 bridgehead atoms. The van der Waals surface area contributed by atoms with Gasteiger partial charge in [-0.1, -0.05) is 72.1 Å². The molecule has 0 spiro atoms. The molecule has 8 nitrogen and oxygen atoms in total. The molecule has 3 unspecified atom stereocenters. The summed E-state index contributed by atoms with van der Waals surface area (Å²) in [6.45, 7) is 1.87. The van der Waals surface area contributed by atoms with Crippen molar-refractivity contribution in [2.75, 3.05) is 47.0 Å². The van der Waals surface area contributed by atoms with Crippen LogP contribution < -0.4 is 9.47 Å². The molecule has 4 atom stereocenters. The Hall–Kier alpha value is -1.55. The average molecular weight is 709 g/mol. The van der Waals surface area contributed by atoms with Crippen LogP contribution in [0.1, 0.15) is 29.7 Å². The zero-order chi connectivity index (χ0) is 32.3. The van der Waals surface area contributed by atoms with Crippen LogP contribution >= 0.6 is 54.2 Å². The van der Waals surface area contributed by atoms with E-state index in [-0.39, 0.29) is 27.6 Å². The highest BCUT2D eigenvalue weighted by Gasteiger charge is 2.33. The summed E-state index contributed by atoms with van der Waals surface area (Å²) in [6, 6.07) is 18.7. The largest absolute Gasteiger partial charge is 0.497 e. The maximum Gasteiger partial charge on any atom is 0.474 e. The predicted octanol–water partition coefficient (Wildman–Crippen LogP) is 8.47. The molecule has 0 heterocycles. The molecule has 0 aliphatic heterocycles. The van der Waals surface area contributed by atoms with E-state index in [0.717, 1.165) is 35.5 Å². The number of phosphoric ester groups is 1. The summed E-state index contributed by atoms with van der Waals surface area (Å²) in [4.78, 5) is 12.5. The molecule has 13 heteroatoms. The lowest BCUT2D eigenvalue weighted by Crippen LogP contribution is -2.34. The molecule has 0 amide bonds. The van der Waals surface area contributed by atoms with Crippen molar-refractivity contribution >= 4 is 54.2 Å². The number of nitrogens with zero attached hydrogens (tertiary/aromatic N) is 1. The molecule has 0 fully saturated rings. The van der Waals surface area contributed by atoms with Crippen LogP contribution in [0.2, 0.25) is 15.1 Å². The number of rotatable bonds is 18. The molecule has 0 aliphatic carbocycles. The highest BCUT2D eigenvalue weighted by atomic mass is 35.5. The van der Waals surface area contributed by atoms with Gasteiger partial charge < -0.3 is 24.0 Å². The number of phosphoric acid groups is 1. The summed E-state index contributed by atoms with van der Waals surface area (Å²) < 4.78 is 41.0. The molecule has 1 N–H and O–H groups in total. The van der Waals surface area contributed by atoms with Crippen LogP contribution in [0.5, 0.6) is 11.5 Å². The lowest BCUT2D eigenvalue weighted by atomic mass is 9.99. The van der Waals surface area contributed by atoms with E-state index in [1.54, 1.807) is 14.0 Å². The van der Waals surface area contributed by atoms with Crippen molar-refractivity contribution in [3.05, 3.63) is 92.4 Å². The van der Waals surface area contributed by atoms with Gasteiger partial charge in [0.25, 0.3) is 0 Å². The maximum atomic E-state index is 13.0. The van der Waals surface area contributed by atoms with Crippen LogP contribution in [0, 0.1) is 5.92 Å². The fourth-order valence-corrected chi connectivity index (χ4v) is 6.06. The molecule has 0 saturated heterocycles. The van der Waals surface area contributed by atoms with Gasteiger partial charge in [-0.15, -0.1) is 11.6 Å². The highest BCUT2D eigenvalue weighted by molar-refractivity contribution is 7.47. The monoisotopic (exact) mass is 707 g/mol. The number of alkyl halides is 1. The Morgan fingerprint density at radius 3 is 2.39 bits per heavy atom. The fourth-order valence-electron chi connectivity index (χ4n) is 4.37. The summed E-state index contributed by atoms with van der Waals surface area (Å²) in [7, 11) is 0.797. The quantitative estimate of drug-likeness (QED) is 0.0610. The minimum atomic E-state index is -4.63. The topological polar surface area (TPSA) is 86.7 Å². The zero-order valence-corrected chi connectivity index (χ0v) is 29.0. The summed E-state index contributed by atoms with van der Waals surface area (Å²) in [5.41, 5.74) is 2.56. The molecule has 242 valence electrons. The van der Waals surface area contributed by atoms with E-state index in [1.807, 2.05) is 61.5 Å². The summed E-state index contributed by atoms with van der Waals surface area (Å²) in [5, 5.41) is 0.666. The Morgan fingerprint density at radius 1 is 0.955 bits per heavy atom. The number of likely N-dealkylation sites (N-methyl/N-ethyl adjacent to an activating group) is 1. The van der Waals surface area contributed by atoms with E-state index < -0.39 is 32.7 Å². The van der Waals surface area contributed by atoms with Crippen LogP contribution in [0.3, 0.4) is 0 Å². The van der Waals surface area contributed by atoms with Crippen molar-refractivity contribution in [3.8, 4) is 11.5 Å². The number of hydrogen-bond donors (Lipinski definition) is 1. The van der Waals surface area contributed by atoms with Crippen molar-refractivity contribution in [1.82, 2.24) is 4.90 Å². The molecule has 3 aromatic rings. The Kier molecular flexibility index (Phi) is 15.1. The van der Waals surface area contributed by atoms with Crippen molar-refractivity contribution < 1.29 is 32.7 Å². The Balaban J connectivity index is 1.62. The van der Waals surface area contributed by atoms with E-state index in [0.29, 0.717) is 12.1 Å². The SMILES string of the molecule is COc1cccc(CCc2ccccc2OC[C@@H](CN(C)C)OCOP(=O)(O)OC(c2cc(Cl)c(Cl)cc2Cl)C(C)CCl)c1. The molecule has 0 saturated carbocycles. The molecule has 0 aliphatic rings. The number of para-hydroxylation sites is 1. The molecular weight excluding hydrogens is 671 g/mol. The van der Waals surface area contributed by atoms with Gasteiger partial charge in [0.15, 0.2) is 6.79 Å². The molecule has 0 aromatic heterocycles. The van der Waals surface area contributed by atoms with E-state index >= 15 is 0 Å². The van der Waals surface area contributed by atoms with Gasteiger partial charge in [-0.2, -0.15) is 0 Å². The Morgan fingerprint density at radius 2 is 1.68 bits per heavy atom. The minimum absolute atomic E-state index is 0.112. The summed E-state index contributed by atoms with van der Waals surface area (Å²) in [6.07, 6.45) is 0.0889. The lowest BCUT2D eigenvalue weighted by Gasteiger charge is -2.27. The van der Waals surface area contributed by atoms with E-state index in [9.17, 15) is 9.46 Å². The maximum absolute atomic E-state index is 13.0. The van der Waals surface area contributed by atoms with Crippen LogP contribution in [0.25, 0.3) is 0 Å². The smallest absolute Gasteiger partial charge is 0.474 e. The van der Waals surface area contributed by atoms with Crippen LogP contribution in [-0.2, 0) is 31.2 Å². The van der Waals surface area contributed by atoms with Crippen molar-refractivity contribution in [2.45, 2.75) is 32.0 Å². The normalized spacial score (nSPS) is 15.0. The van der Waals surface area contributed by atoms with Crippen LogP contribution in [0.4, 0.5) is 0 Å². The first-order valence-electron chi connectivity index (χ1n) is 13.9. The predicted molar refractivity (Wildman–Crippen MR) is 177 cm³/mol. The summed E-state index contributed by atoms with van der Waals surface area (Å²) in [5.74, 6) is 1.24. The fraction of sp³-hybridized carbons (Fsp3) is 0.419. The van der Waals surface area contributed by atoms with Gasteiger partial charge in [0, 0.05) is 28.9 Å². The molecule has 3 rings (SSSR count). The first-order valence-corrected chi connectivity index (χ1v) is 17.0. The van der Waals surface area contributed by atoms with Crippen LogP contribution in [0.15, 0.2) is 60.7 Å². The molecule has 44 heavy (non-hydrogen) atoms. The minimum Gasteiger partial charge on any atom is -0.497 e. The Labute approximate surface area is 279 Å². The van der Waals surface area contributed by atoms with Crippen LogP contribution in [-0.4, -0.2) is 62.9 Å². The van der Waals surface area contributed by atoms with Crippen molar-refractivity contribution in [1.29, 1.82) is 0 Å². The number of halogens is 4. The van der Waals surface area contributed by atoms with E-state index in [2.05, 4.69) is 6.07 Å². The third-order valence-electron chi connectivity index (χ3n) is 6.66. The average Bonchev–Trinajstić information content (AvgIpc) is 2.99. The second kappa shape index (κ2) is 18.0. The van der Waals surface area contributed by atoms with Gasteiger partial charge in [-0.25, -0.2) is 4.57 Å². The van der Waals surface area contributed by atoms with E-state index in [4.69, 9.17) is 69.7 Å². The number of ether oxygens (including phenoxy) is 3. The van der Waals surface area contributed by atoms with Crippen molar-refractivity contribution in [2.24, 2.45) is 5.92 Å². The highest BCUT2D eigenvalue weighted by Crippen LogP contribution is 2.51. The summed E-state index contributed by atoms with van der Waals surface area (Å²) >= 11 is 24.6. The lowest BCUT2D eigenvalue weighted by molar-refractivity contribution is -0.0750. The number of benzene rings is 3. The van der Waals surface area contributed by atoms with Gasteiger partial charge in [0.1, 0.15) is 24.2 Å². The molecular formula is C31H38Cl4NO7P.